The molecule has 0 spiro atoms. The fraction of sp³-hybridized carbons (Fsp3) is 0.211. The number of hydrogen-bond acceptors (Lipinski definition) is 5. The SMILES string of the molecule is Cc1cccc(CNc2cc(C)nc(NCc3cccnc3)n2)c1. The third kappa shape index (κ3) is 4.52. The lowest BCUT2D eigenvalue weighted by molar-refractivity contribution is 1.01. The molecule has 5 heteroatoms. The molecule has 3 aromatic rings. The summed E-state index contributed by atoms with van der Waals surface area (Å²) in [6, 6.07) is 14.3. The number of anilines is 2. The van der Waals surface area contributed by atoms with Crippen LogP contribution in [0.5, 0.6) is 0 Å². The van der Waals surface area contributed by atoms with E-state index in [4.69, 9.17) is 0 Å². The van der Waals surface area contributed by atoms with E-state index in [1.807, 2.05) is 31.3 Å². The Morgan fingerprint density at radius 3 is 2.50 bits per heavy atom. The number of aromatic nitrogens is 3. The van der Waals surface area contributed by atoms with E-state index in [0.717, 1.165) is 23.6 Å². The third-order valence-corrected chi connectivity index (χ3v) is 3.58. The van der Waals surface area contributed by atoms with Gasteiger partial charge in [-0.1, -0.05) is 35.9 Å². The van der Waals surface area contributed by atoms with Crippen molar-refractivity contribution in [2.45, 2.75) is 26.9 Å². The van der Waals surface area contributed by atoms with Crippen LogP contribution in [0.25, 0.3) is 0 Å². The van der Waals surface area contributed by atoms with Gasteiger partial charge >= 0.3 is 0 Å². The van der Waals surface area contributed by atoms with Gasteiger partial charge in [0.2, 0.25) is 5.95 Å². The van der Waals surface area contributed by atoms with Crippen LogP contribution in [0.15, 0.2) is 54.9 Å². The first-order valence-corrected chi connectivity index (χ1v) is 7.97. The van der Waals surface area contributed by atoms with Crippen LogP contribution < -0.4 is 10.6 Å². The minimum atomic E-state index is 0.616. The number of benzene rings is 1. The molecule has 0 aliphatic carbocycles. The van der Waals surface area contributed by atoms with Crippen molar-refractivity contribution in [3.05, 3.63) is 77.2 Å². The number of nitrogens with zero attached hydrogens (tertiary/aromatic N) is 3. The second-order valence-electron chi connectivity index (χ2n) is 5.78. The smallest absolute Gasteiger partial charge is 0.225 e. The molecule has 0 fully saturated rings. The summed E-state index contributed by atoms with van der Waals surface area (Å²) in [5.74, 6) is 1.43. The zero-order valence-electron chi connectivity index (χ0n) is 14.0. The minimum absolute atomic E-state index is 0.616. The first-order valence-electron chi connectivity index (χ1n) is 7.97. The highest BCUT2D eigenvalue weighted by Crippen LogP contribution is 2.13. The first-order chi connectivity index (χ1) is 11.7. The van der Waals surface area contributed by atoms with Crippen molar-refractivity contribution in [1.29, 1.82) is 0 Å². The van der Waals surface area contributed by atoms with Crippen LogP contribution >= 0.6 is 0 Å². The van der Waals surface area contributed by atoms with E-state index in [1.54, 1.807) is 6.20 Å². The van der Waals surface area contributed by atoms with Gasteiger partial charge in [-0.25, -0.2) is 4.98 Å². The van der Waals surface area contributed by atoms with Crippen molar-refractivity contribution in [2.24, 2.45) is 0 Å². The summed E-state index contributed by atoms with van der Waals surface area (Å²) in [7, 11) is 0. The highest BCUT2D eigenvalue weighted by Gasteiger charge is 2.03. The Hall–Kier alpha value is -2.95. The molecular weight excluding hydrogens is 298 g/mol. The van der Waals surface area contributed by atoms with Crippen molar-refractivity contribution in [1.82, 2.24) is 15.0 Å². The van der Waals surface area contributed by atoms with Gasteiger partial charge in [-0.2, -0.15) is 4.98 Å². The first kappa shape index (κ1) is 15.9. The summed E-state index contributed by atoms with van der Waals surface area (Å²) < 4.78 is 0. The highest BCUT2D eigenvalue weighted by molar-refractivity contribution is 5.43. The topological polar surface area (TPSA) is 62.7 Å². The Bertz CT molecular complexity index is 802. The van der Waals surface area contributed by atoms with E-state index in [-0.39, 0.29) is 0 Å². The van der Waals surface area contributed by atoms with Crippen LogP contribution in [-0.2, 0) is 13.1 Å². The van der Waals surface area contributed by atoms with Gasteiger partial charge in [0.1, 0.15) is 5.82 Å². The molecule has 0 aliphatic rings. The van der Waals surface area contributed by atoms with Gasteiger partial charge < -0.3 is 10.6 Å². The number of pyridine rings is 1. The standard InChI is InChI=1S/C19H21N5/c1-14-5-3-6-16(9-14)12-21-18-10-15(2)23-19(24-18)22-13-17-7-4-8-20-11-17/h3-11H,12-13H2,1-2H3,(H2,21,22,23,24). The zero-order valence-corrected chi connectivity index (χ0v) is 14.0. The highest BCUT2D eigenvalue weighted by atomic mass is 15.1. The van der Waals surface area contributed by atoms with Crippen molar-refractivity contribution < 1.29 is 0 Å². The fourth-order valence-electron chi connectivity index (χ4n) is 2.44. The maximum Gasteiger partial charge on any atom is 0.225 e. The van der Waals surface area contributed by atoms with Gasteiger partial charge in [0.05, 0.1) is 0 Å². The predicted molar refractivity (Wildman–Crippen MR) is 96.8 cm³/mol. The van der Waals surface area contributed by atoms with E-state index in [9.17, 15) is 0 Å². The molecule has 0 radical (unpaired) electrons. The Morgan fingerprint density at radius 1 is 0.875 bits per heavy atom. The predicted octanol–water partition coefficient (Wildman–Crippen LogP) is 3.71. The summed E-state index contributed by atoms with van der Waals surface area (Å²) in [5.41, 5.74) is 4.51. The molecule has 2 N–H and O–H groups in total. The normalized spacial score (nSPS) is 10.4. The number of aryl methyl sites for hydroxylation is 2. The lowest BCUT2D eigenvalue weighted by atomic mass is 10.1. The molecule has 0 unspecified atom stereocenters. The number of rotatable bonds is 6. The van der Waals surface area contributed by atoms with Crippen molar-refractivity contribution in [3.8, 4) is 0 Å². The summed E-state index contributed by atoms with van der Waals surface area (Å²) in [6.07, 6.45) is 3.60. The van der Waals surface area contributed by atoms with E-state index in [1.165, 1.54) is 11.1 Å². The van der Waals surface area contributed by atoms with E-state index in [0.29, 0.717) is 12.5 Å². The lowest BCUT2D eigenvalue weighted by Crippen LogP contribution is -2.08. The van der Waals surface area contributed by atoms with Crippen LogP contribution in [-0.4, -0.2) is 15.0 Å². The van der Waals surface area contributed by atoms with E-state index < -0.39 is 0 Å². The van der Waals surface area contributed by atoms with Crippen LogP contribution in [0.3, 0.4) is 0 Å². The molecule has 1 aromatic carbocycles. The zero-order chi connectivity index (χ0) is 16.8. The molecule has 0 aliphatic heterocycles. The van der Waals surface area contributed by atoms with Gasteiger partial charge in [0.25, 0.3) is 0 Å². The van der Waals surface area contributed by atoms with Gasteiger partial charge in [0.15, 0.2) is 0 Å². The Labute approximate surface area is 142 Å². The second kappa shape index (κ2) is 7.55. The minimum Gasteiger partial charge on any atom is -0.366 e. The summed E-state index contributed by atoms with van der Waals surface area (Å²) in [4.78, 5) is 13.1. The molecule has 0 atom stereocenters. The molecular formula is C19H21N5. The quantitative estimate of drug-likeness (QED) is 0.725. The number of hydrogen-bond donors (Lipinski definition) is 2. The molecule has 5 nitrogen and oxygen atoms in total. The molecule has 2 aromatic heterocycles. The Morgan fingerprint density at radius 2 is 1.71 bits per heavy atom. The van der Waals surface area contributed by atoms with Crippen LogP contribution in [0.4, 0.5) is 11.8 Å². The Balaban J connectivity index is 1.65. The maximum atomic E-state index is 4.53. The fourth-order valence-corrected chi connectivity index (χ4v) is 2.44. The summed E-state index contributed by atoms with van der Waals surface area (Å²) in [5, 5.41) is 6.61. The van der Waals surface area contributed by atoms with E-state index >= 15 is 0 Å². The molecule has 122 valence electrons. The third-order valence-electron chi connectivity index (χ3n) is 3.58. The van der Waals surface area contributed by atoms with Crippen molar-refractivity contribution in [3.63, 3.8) is 0 Å². The average molecular weight is 319 g/mol. The molecule has 3 rings (SSSR count). The number of nitrogens with one attached hydrogen (secondary N) is 2. The molecule has 0 amide bonds. The molecule has 24 heavy (non-hydrogen) atoms. The van der Waals surface area contributed by atoms with Gasteiger partial charge in [-0.3, -0.25) is 4.98 Å². The van der Waals surface area contributed by atoms with Gasteiger partial charge in [-0.15, -0.1) is 0 Å². The van der Waals surface area contributed by atoms with Crippen molar-refractivity contribution in [2.75, 3.05) is 10.6 Å². The molecule has 0 saturated heterocycles. The largest absolute Gasteiger partial charge is 0.366 e. The molecule has 2 heterocycles. The van der Waals surface area contributed by atoms with Crippen LogP contribution in [0, 0.1) is 13.8 Å². The Kier molecular flexibility index (Phi) is 5.01. The summed E-state index contributed by atoms with van der Waals surface area (Å²) in [6.45, 7) is 5.45. The van der Waals surface area contributed by atoms with Crippen LogP contribution in [0.1, 0.15) is 22.4 Å². The lowest BCUT2D eigenvalue weighted by Gasteiger charge is -2.10. The molecule has 0 bridgehead atoms. The summed E-state index contributed by atoms with van der Waals surface area (Å²) >= 11 is 0. The molecule has 0 saturated carbocycles. The average Bonchev–Trinajstić information content (AvgIpc) is 2.59. The van der Waals surface area contributed by atoms with Crippen molar-refractivity contribution >= 4 is 11.8 Å². The monoisotopic (exact) mass is 319 g/mol. The second-order valence-corrected chi connectivity index (χ2v) is 5.78. The van der Waals surface area contributed by atoms with E-state index in [2.05, 4.69) is 56.8 Å². The maximum absolute atomic E-state index is 4.53. The van der Waals surface area contributed by atoms with Crippen LogP contribution in [0.2, 0.25) is 0 Å². The van der Waals surface area contributed by atoms with Gasteiger partial charge in [-0.05, 0) is 31.0 Å². The van der Waals surface area contributed by atoms with Gasteiger partial charge in [0, 0.05) is 37.2 Å².